The van der Waals surface area contributed by atoms with Gasteiger partial charge >= 0.3 is 0 Å². The van der Waals surface area contributed by atoms with Gasteiger partial charge in [-0.1, -0.05) is 32.6 Å². The lowest BCUT2D eigenvalue weighted by Gasteiger charge is -1.66. The Kier molecular flexibility index (Phi) is 19.2. The SMILES string of the molecule is C=CC=N/C=C\C.CC. The van der Waals surface area contributed by atoms with Crippen LogP contribution < -0.4 is 0 Å². The molecule has 0 heterocycles. The van der Waals surface area contributed by atoms with Crippen molar-refractivity contribution in [3.05, 3.63) is 24.9 Å². The molecule has 0 aliphatic rings. The molecule has 0 aliphatic heterocycles. The van der Waals surface area contributed by atoms with Gasteiger partial charge in [0.1, 0.15) is 0 Å². The summed E-state index contributed by atoms with van der Waals surface area (Å²) < 4.78 is 0. The Morgan fingerprint density at radius 1 is 1.33 bits per heavy atom. The van der Waals surface area contributed by atoms with Crippen molar-refractivity contribution in [3.8, 4) is 0 Å². The van der Waals surface area contributed by atoms with Crippen LogP contribution in [0.5, 0.6) is 0 Å². The second kappa shape index (κ2) is 15.7. The minimum atomic E-state index is 1.64. The van der Waals surface area contributed by atoms with Crippen molar-refractivity contribution in [2.24, 2.45) is 4.99 Å². The van der Waals surface area contributed by atoms with E-state index >= 15 is 0 Å². The molecule has 52 valence electrons. The first-order chi connectivity index (χ1) is 4.41. The summed E-state index contributed by atoms with van der Waals surface area (Å²) >= 11 is 0. The lowest BCUT2D eigenvalue weighted by atomic mass is 10.7. The van der Waals surface area contributed by atoms with Gasteiger partial charge in [-0.25, -0.2) is 0 Å². The molecule has 0 fully saturated rings. The summed E-state index contributed by atoms with van der Waals surface area (Å²) in [5.74, 6) is 0. The number of hydrogen-bond acceptors (Lipinski definition) is 1. The predicted molar refractivity (Wildman–Crippen MR) is 44.9 cm³/mol. The average molecular weight is 125 g/mol. The zero-order valence-corrected chi connectivity index (χ0v) is 6.46. The highest BCUT2D eigenvalue weighted by atomic mass is 14.6. The fourth-order valence-corrected chi connectivity index (χ4v) is 0.197. The smallest absolute Gasteiger partial charge is 0.0261 e. The molecule has 0 amide bonds. The summed E-state index contributed by atoms with van der Waals surface area (Å²) in [6.07, 6.45) is 6.85. The zero-order valence-electron chi connectivity index (χ0n) is 6.46. The van der Waals surface area contributed by atoms with E-state index in [4.69, 9.17) is 0 Å². The molecular weight excluding hydrogens is 110 g/mol. The second-order valence-electron chi connectivity index (χ2n) is 1.02. The van der Waals surface area contributed by atoms with E-state index in [1.165, 1.54) is 0 Å². The van der Waals surface area contributed by atoms with Crippen LogP contribution in [0.25, 0.3) is 0 Å². The first-order valence-electron chi connectivity index (χ1n) is 3.17. The maximum Gasteiger partial charge on any atom is 0.0261 e. The quantitative estimate of drug-likeness (QED) is 0.503. The molecule has 0 aromatic rings. The molecule has 0 atom stereocenters. The van der Waals surface area contributed by atoms with E-state index in [9.17, 15) is 0 Å². The maximum atomic E-state index is 3.78. The minimum Gasteiger partial charge on any atom is -0.265 e. The van der Waals surface area contributed by atoms with Gasteiger partial charge in [0, 0.05) is 12.4 Å². The number of allylic oxidation sites excluding steroid dienone is 2. The van der Waals surface area contributed by atoms with Crippen molar-refractivity contribution < 1.29 is 0 Å². The van der Waals surface area contributed by atoms with Crippen molar-refractivity contribution in [2.45, 2.75) is 20.8 Å². The van der Waals surface area contributed by atoms with E-state index in [0.717, 1.165) is 0 Å². The molecule has 0 aliphatic carbocycles. The van der Waals surface area contributed by atoms with E-state index in [0.29, 0.717) is 0 Å². The molecule has 1 heteroatoms. The van der Waals surface area contributed by atoms with Gasteiger partial charge in [0.15, 0.2) is 0 Å². The van der Waals surface area contributed by atoms with Crippen molar-refractivity contribution in [1.29, 1.82) is 0 Å². The van der Waals surface area contributed by atoms with Gasteiger partial charge in [0.2, 0.25) is 0 Å². The van der Waals surface area contributed by atoms with Crippen molar-refractivity contribution in [3.63, 3.8) is 0 Å². The van der Waals surface area contributed by atoms with Gasteiger partial charge < -0.3 is 0 Å². The van der Waals surface area contributed by atoms with Gasteiger partial charge in [-0.3, -0.25) is 4.99 Å². The summed E-state index contributed by atoms with van der Waals surface area (Å²) in [7, 11) is 0. The van der Waals surface area contributed by atoms with Crippen LogP contribution in [0.15, 0.2) is 29.9 Å². The third-order valence-corrected chi connectivity index (χ3v) is 0.427. The molecule has 9 heavy (non-hydrogen) atoms. The Bertz CT molecular complexity index is 90.7. The van der Waals surface area contributed by atoms with Crippen LogP contribution in [0, 0.1) is 0 Å². The molecular formula is C8H15N. The highest BCUT2D eigenvalue weighted by Crippen LogP contribution is 1.68. The van der Waals surface area contributed by atoms with Crippen molar-refractivity contribution in [1.82, 2.24) is 0 Å². The Morgan fingerprint density at radius 2 is 1.89 bits per heavy atom. The van der Waals surface area contributed by atoms with Crippen molar-refractivity contribution >= 4 is 6.21 Å². The van der Waals surface area contributed by atoms with E-state index in [1.54, 1.807) is 18.5 Å². The molecule has 0 radical (unpaired) electrons. The highest BCUT2D eigenvalue weighted by molar-refractivity contribution is 5.70. The van der Waals surface area contributed by atoms with E-state index < -0.39 is 0 Å². The first kappa shape index (κ1) is 11.0. The van der Waals surface area contributed by atoms with Crippen LogP contribution in [0.3, 0.4) is 0 Å². The zero-order chi connectivity index (χ0) is 7.54. The van der Waals surface area contributed by atoms with Crippen LogP contribution in [0.1, 0.15) is 20.8 Å². The number of hydrogen-bond donors (Lipinski definition) is 0. The van der Waals surface area contributed by atoms with Crippen LogP contribution in [-0.4, -0.2) is 6.21 Å². The molecule has 0 saturated carbocycles. The molecule has 0 unspecified atom stereocenters. The van der Waals surface area contributed by atoms with Gasteiger partial charge in [-0.05, 0) is 6.92 Å². The van der Waals surface area contributed by atoms with Crippen LogP contribution in [-0.2, 0) is 0 Å². The summed E-state index contributed by atoms with van der Waals surface area (Å²) in [6, 6.07) is 0. The Balaban J connectivity index is 0. The molecule has 0 spiro atoms. The molecule has 0 bridgehead atoms. The van der Waals surface area contributed by atoms with Crippen LogP contribution in [0.2, 0.25) is 0 Å². The molecule has 0 N–H and O–H groups in total. The molecule has 0 rings (SSSR count). The predicted octanol–water partition coefficient (Wildman–Crippen LogP) is 2.80. The molecule has 0 aromatic heterocycles. The summed E-state index contributed by atoms with van der Waals surface area (Å²) in [5.41, 5.74) is 0. The first-order valence-corrected chi connectivity index (χ1v) is 3.17. The van der Waals surface area contributed by atoms with E-state index in [-0.39, 0.29) is 0 Å². The third kappa shape index (κ3) is 19.1. The normalized spacial score (nSPS) is 9.22. The minimum absolute atomic E-state index is 1.64. The standard InChI is InChI=1S/C6H9N.C2H6/c1-3-5-7-6-4-2;1-2/h3-6H,1H2,2H3;1-2H3/b6-4-,7-5?;. The fourth-order valence-electron chi connectivity index (χ4n) is 0.197. The Morgan fingerprint density at radius 3 is 2.22 bits per heavy atom. The monoisotopic (exact) mass is 125 g/mol. The lowest BCUT2D eigenvalue weighted by molar-refractivity contribution is 1.50. The summed E-state index contributed by atoms with van der Waals surface area (Å²) in [5, 5.41) is 0. The Hall–Kier alpha value is -0.850. The van der Waals surface area contributed by atoms with Gasteiger partial charge in [0.25, 0.3) is 0 Å². The topological polar surface area (TPSA) is 12.4 Å². The fraction of sp³-hybridized carbons (Fsp3) is 0.375. The Labute approximate surface area is 57.8 Å². The van der Waals surface area contributed by atoms with Crippen molar-refractivity contribution in [2.75, 3.05) is 0 Å². The van der Waals surface area contributed by atoms with E-state index in [2.05, 4.69) is 11.6 Å². The highest BCUT2D eigenvalue weighted by Gasteiger charge is 1.51. The van der Waals surface area contributed by atoms with Gasteiger partial charge in [-0.2, -0.15) is 0 Å². The molecule has 0 saturated heterocycles. The lowest BCUT2D eigenvalue weighted by Crippen LogP contribution is -1.54. The average Bonchev–Trinajstić information content (AvgIpc) is 1.94. The summed E-state index contributed by atoms with van der Waals surface area (Å²) in [6.45, 7) is 9.37. The number of nitrogens with zero attached hydrogens (tertiary/aromatic N) is 1. The van der Waals surface area contributed by atoms with Gasteiger partial charge in [0.05, 0.1) is 0 Å². The van der Waals surface area contributed by atoms with Crippen LogP contribution in [0.4, 0.5) is 0 Å². The second-order valence-corrected chi connectivity index (χ2v) is 1.02. The van der Waals surface area contributed by atoms with Crippen LogP contribution >= 0.6 is 0 Å². The largest absolute Gasteiger partial charge is 0.265 e. The third-order valence-electron chi connectivity index (χ3n) is 0.427. The molecule has 0 aromatic carbocycles. The van der Waals surface area contributed by atoms with E-state index in [1.807, 2.05) is 26.8 Å². The van der Waals surface area contributed by atoms with Gasteiger partial charge in [-0.15, -0.1) is 0 Å². The molecule has 1 nitrogen and oxygen atoms in total. The number of rotatable bonds is 2. The maximum absolute atomic E-state index is 3.78. The number of aliphatic imine (C=N–C) groups is 1. The summed E-state index contributed by atoms with van der Waals surface area (Å²) in [4.78, 5) is 3.78.